The first-order valence-corrected chi connectivity index (χ1v) is 8.93. The Labute approximate surface area is 163 Å². The molecule has 0 saturated carbocycles. The van der Waals surface area contributed by atoms with E-state index < -0.39 is 11.8 Å². The van der Waals surface area contributed by atoms with Gasteiger partial charge in [-0.15, -0.1) is 0 Å². The van der Waals surface area contributed by atoms with E-state index in [0.29, 0.717) is 28.2 Å². The maximum Gasteiger partial charge on any atom is 0.291 e. The number of halogens is 1. The van der Waals surface area contributed by atoms with E-state index in [1.807, 2.05) is 0 Å². The van der Waals surface area contributed by atoms with E-state index in [4.69, 9.17) is 19.0 Å². The standard InChI is InChI=1S/C18H17BrN2O6/c19-16-5-4-14(27-16)18(24)21-12(17(23)20-6-1-7-22)8-11-2-3-13-15(9-11)26-10-25-13/h2-5,8-9,22H,1,6-7,10H2,(H,20,23)(H,21,24)/b12-8+. The molecule has 142 valence electrons. The molecule has 2 aromatic rings. The van der Waals surface area contributed by atoms with Gasteiger partial charge in [-0.3, -0.25) is 9.59 Å². The summed E-state index contributed by atoms with van der Waals surface area (Å²) in [6, 6.07) is 8.24. The number of nitrogens with one attached hydrogen (secondary N) is 2. The highest BCUT2D eigenvalue weighted by Crippen LogP contribution is 2.33. The van der Waals surface area contributed by atoms with E-state index in [2.05, 4.69) is 26.6 Å². The number of carbonyl (C=O) groups is 2. The van der Waals surface area contributed by atoms with Crippen LogP contribution in [0.15, 0.2) is 45.1 Å². The molecule has 27 heavy (non-hydrogen) atoms. The topological polar surface area (TPSA) is 110 Å². The van der Waals surface area contributed by atoms with Crippen LogP contribution in [0.1, 0.15) is 22.5 Å². The third kappa shape index (κ3) is 4.89. The molecule has 0 bridgehead atoms. The van der Waals surface area contributed by atoms with E-state index in [1.165, 1.54) is 12.1 Å². The second kappa shape index (κ2) is 8.74. The summed E-state index contributed by atoms with van der Waals surface area (Å²) >= 11 is 3.13. The van der Waals surface area contributed by atoms with E-state index >= 15 is 0 Å². The maximum absolute atomic E-state index is 12.5. The monoisotopic (exact) mass is 436 g/mol. The number of hydrogen-bond donors (Lipinski definition) is 3. The third-order valence-corrected chi connectivity index (χ3v) is 4.04. The predicted molar refractivity (Wildman–Crippen MR) is 99.1 cm³/mol. The number of aliphatic hydroxyl groups excluding tert-OH is 1. The molecule has 0 radical (unpaired) electrons. The summed E-state index contributed by atoms with van der Waals surface area (Å²) in [5.41, 5.74) is 0.678. The number of benzene rings is 1. The second-order valence-corrected chi connectivity index (χ2v) is 6.34. The van der Waals surface area contributed by atoms with Crippen molar-refractivity contribution in [1.82, 2.24) is 10.6 Å². The highest BCUT2D eigenvalue weighted by Gasteiger charge is 2.18. The van der Waals surface area contributed by atoms with Crippen molar-refractivity contribution in [2.24, 2.45) is 0 Å². The lowest BCUT2D eigenvalue weighted by molar-refractivity contribution is -0.117. The van der Waals surface area contributed by atoms with Crippen LogP contribution in [-0.4, -0.2) is 36.9 Å². The van der Waals surface area contributed by atoms with Gasteiger partial charge in [0.2, 0.25) is 6.79 Å². The van der Waals surface area contributed by atoms with Gasteiger partial charge >= 0.3 is 0 Å². The van der Waals surface area contributed by atoms with Crippen molar-refractivity contribution in [2.75, 3.05) is 19.9 Å². The fourth-order valence-electron chi connectivity index (χ4n) is 2.32. The zero-order valence-corrected chi connectivity index (χ0v) is 15.7. The Bertz CT molecular complexity index is 876. The number of rotatable bonds is 7. The lowest BCUT2D eigenvalue weighted by Gasteiger charge is -2.10. The molecule has 0 fully saturated rings. The Hall–Kier alpha value is -2.78. The number of amides is 2. The average molecular weight is 437 g/mol. The zero-order chi connectivity index (χ0) is 19.2. The fraction of sp³-hybridized carbons (Fsp3) is 0.222. The zero-order valence-electron chi connectivity index (χ0n) is 14.2. The second-order valence-electron chi connectivity index (χ2n) is 5.56. The Morgan fingerprint density at radius 3 is 2.74 bits per heavy atom. The molecule has 0 spiro atoms. The SMILES string of the molecule is O=C(NCCCO)/C(=C\c1ccc2c(c1)OCO2)NC(=O)c1ccc(Br)o1. The van der Waals surface area contributed by atoms with Crippen LogP contribution in [0.4, 0.5) is 0 Å². The van der Waals surface area contributed by atoms with Crippen LogP contribution < -0.4 is 20.1 Å². The van der Waals surface area contributed by atoms with Crippen LogP contribution in [0.3, 0.4) is 0 Å². The van der Waals surface area contributed by atoms with Gasteiger partial charge in [0, 0.05) is 13.2 Å². The summed E-state index contributed by atoms with van der Waals surface area (Å²) in [5.74, 6) is 0.183. The number of aliphatic hydroxyl groups is 1. The van der Waals surface area contributed by atoms with E-state index in [9.17, 15) is 9.59 Å². The highest BCUT2D eigenvalue weighted by molar-refractivity contribution is 9.10. The molecule has 0 aliphatic carbocycles. The molecule has 3 rings (SSSR count). The van der Waals surface area contributed by atoms with Gasteiger partial charge in [0.25, 0.3) is 11.8 Å². The van der Waals surface area contributed by atoms with Crippen molar-refractivity contribution >= 4 is 33.8 Å². The van der Waals surface area contributed by atoms with Gasteiger partial charge in [0.05, 0.1) is 0 Å². The molecular formula is C18H17BrN2O6. The van der Waals surface area contributed by atoms with Crippen molar-refractivity contribution in [3.8, 4) is 11.5 Å². The number of furan rings is 1. The number of hydrogen-bond acceptors (Lipinski definition) is 6. The van der Waals surface area contributed by atoms with Crippen molar-refractivity contribution < 1.29 is 28.6 Å². The summed E-state index contributed by atoms with van der Waals surface area (Å²) in [6.07, 6.45) is 1.92. The number of carbonyl (C=O) groups excluding carboxylic acids is 2. The minimum atomic E-state index is -0.565. The van der Waals surface area contributed by atoms with Gasteiger partial charge in [-0.25, -0.2) is 0 Å². The molecule has 1 aromatic heterocycles. The molecule has 2 heterocycles. The molecule has 2 amide bonds. The Morgan fingerprint density at radius 1 is 1.19 bits per heavy atom. The van der Waals surface area contributed by atoms with Gasteiger partial charge < -0.3 is 29.6 Å². The maximum atomic E-state index is 12.5. The van der Waals surface area contributed by atoms with Crippen molar-refractivity contribution in [2.45, 2.75) is 6.42 Å². The van der Waals surface area contributed by atoms with Crippen molar-refractivity contribution in [3.05, 3.63) is 52.0 Å². The summed E-state index contributed by atoms with van der Waals surface area (Å²) in [5, 5.41) is 14.1. The van der Waals surface area contributed by atoms with Crippen LogP contribution in [0.2, 0.25) is 0 Å². The molecule has 1 aliphatic rings. The number of fused-ring (bicyclic) bond motifs is 1. The van der Waals surface area contributed by atoms with Gasteiger partial charge in [-0.05, 0) is 58.3 Å². The first-order chi connectivity index (χ1) is 13.1. The van der Waals surface area contributed by atoms with E-state index in [-0.39, 0.29) is 31.4 Å². The molecule has 9 heteroatoms. The molecule has 1 aromatic carbocycles. The minimum absolute atomic E-state index is 0.0318. The molecule has 1 aliphatic heterocycles. The first kappa shape index (κ1) is 19.0. The summed E-state index contributed by atoms with van der Waals surface area (Å²) in [4.78, 5) is 24.8. The van der Waals surface area contributed by atoms with Gasteiger partial charge in [-0.2, -0.15) is 0 Å². The van der Waals surface area contributed by atoms with E-state index in [1.54, 1.807) is 24.3 Å². The number of ether oxygens (including phenoxy) is 2. The van der Waals surface area contributed by atoms with Crippen LogP contribution in [0.25, 0.3) is 6.08 Å². The van der Waals surface area contributed by atoms with Gasteiger partial charge in [-0.1, -0.05) is 6.07 Å². The summed E-state index contributed by atoms with van der Waals surface area (Å²) < 4.78 is 16.2. The Kier molecular flexibility index (Phi) is 6.15. The van der Waals surface area contributed by atoms with E-state index in [0.717, 1.165) is 0 Å². The molecule has 0 unspecified atom stereocenters. The fourth-order valence-corrected chi connectivity index (χ4v) is 2.63. The molecular weight excluding hydrogens is 420 g/mol. The molecule has 0 atom stereocenters. The lowest BCUT2D eigenvalue weighted by Crippen LogP contribution is -2.35. The largest absolute Gasteiger partial charge is 0.454 e. The highest BCUT2D eigenvalue weighted by atomic mass is 79.9. The third-order valence-electron chi connectivity index (χ3n) is 3.62. The van der Waals surface area contributed by atoms with Crippen LogP contribution in [0, 0.1) is 0 Å². The van der Waals surface area contributed by atoms with Crippen LogP contribution in [0.5, 0.6) is 11.5 Å². The summed E-state index contributed by atoms with van der Waals surface area (Å²) in [6.45, 7) is 0.366. The normalized spacial score (nSPS) is 12.7. The minimum Gasteiger partial charge on any atom is -0.454 e. The molecule has 0 saturated heterocycles. The summed E-state index contributed by atoms with van der Waals surface area (Å²) in [7, 11) is 0. The van der Waals surface area contributed by atoms with Gasteiger partial charge in [0.15, 0.2) is 21.9 Å². The molecule has 3 N–H and O–H groups in total. The smallest absolute Gasteiger partial charge is 0.291 e. The van der Waals surface area contributed by atoms with Crippen LogP contribution in [-0.2, 0) is 4.79 Å². The lowest BCUT2D eigenvalue weighted by atomic mass is 10.1. The molecule has 8 nitrogen and oxygen atoms in total. The van der Waals surface area contributed by atoms with Gasteiger partial charge in [0.1, 0.15) is 5.70 Å². The average Bonchev–Trinajstić information content (AvgIpc) is 3.29. The predicted octanol–water partition coefficient (Wildman–Crippen LogP) is 2.04. The first-order valence-electron chi connectivity index (χ1n) is 8.14. The van der Waals surface area contributed by atoms with Crippen LogP contribution >= 0.6 is 15.9 Å². The quantitative estimate of drug-likeness (QED) is 0.452. The van der Waals surface area contributed by atoms with Crippen molar-refractivity contribution in [3.63, 3.8) is 0 Å². The Morgan fingerprint density at radius 2 is 2.00 bits per heavy atom. The van der Waals surface area contributed by atoms with Crippen molar-refractivity contribution in [1.29, 1.82) is 0 Å². The Balaban J connectivity index is 1.82.